The van der Waals surface area contributed by atoms with Gasteiger partial charge in [0, 0.05) is 0 Å². The Balaban J connectivity index is 2.51. The highest BCUT2D eigenvalue weighted by atomic mass is 32.2. The highest BCUT2D eigenvalue weighted by Gasteiger charge is 2.03. The summed E-state index contributed by atoms with van der Waals surface area (Å²) in [4.78, 5) is 0. The van der Waals surface area contributed by atoms with Crippen molar-refractivity contribution in [3.8, 4) is 0 Å². The number of nitrogens with one attached hydrogen (secondary N) is 1. The van der Waals surface area contributed by atoms with E-state index in [0.717, 1.165) is 6.42 Å². The van der Waals surface area contributed by atoms with E-state index in [0.29, 0.717) is 5.37 Å². The van der Waals surface area contributed by atoms with E-state index in [1.807, 2.05) is 18.8 Å². The van der Waals surface area contributed by atoms with Gasteiger partial charge in [-0.15, -0.1) is 11.8 Å². The van der Waals surface area contributed by atoms with Crippen LogP contribution in [0.3, 0.4) is 0 Å². The van der Waals surface area contributed by atoms with Crippen LogP contribution >= 0.6 is 11.8 Å². The van der Waals surface area contributed by atoms with Crippen molar-refractivity contribution in [3.05, 3.63) is 35.9 Å². The third-order valence-corrected chi connectivity index (χ3v) is 2.84. The van der Waals surface area contributed by atoms with Gasteiger partial charge in [-0.05, 0) is 25.3 Å². The van der Waals surface area contributed by atoms with Crippen LogP contribution in [0.5, 0.6) is 0 Å². The highest BCUT2D eigenvalue weighted by molar-refractivity contribution is 7.99. The maximum atomic E-state index is 3.26. The summed E-state index contributed by atoms with van der Waals surface area (Å²) in [5.41, 5.74) is 1.39. The Morgan fingerprint density at radius 2 is 2.00 bits per heavy atom. The van der Waals surface area contributed by atoms with Crippen LogP contribution in [0.2, 0.25) is 0 Å². The molecule has 0 fully saturated rings. The molecular formula is C10H15NS. The molecular weight excluding hydrogens is 166 g/mol. The minimum absolute atomic E-state index is 0.535. The normalized spacial score (nSPS) is 12.8. The molecule has 66 valence electrons. The van der Waals surface area contributed by atoms with Gasteiger partial charge < -0.3 is 5.32 Å². The second-order valence-corrected chi connectivity index (χ2v) is 3.74. The summed E-state index contributed by atoms with van der Waals surface area (Å²) in [6.07, 6.45) is 3.22. The monoisotopic (exact) mass is 181 g/mol. The molecule has 0 bridgehead atoms. The van der Waals surface area contributed by atoms with Crippen LogP contribution in [-0.2, 0) is 6.42 Å². The first-order chi connectivity index (χ1) is 5.86. The van der Waals surface area contributed by atoms with E-state index in [1.54, 1.807) is 0 Å². The van der Waals surface area contributed by atoms with Gasteiger partial charge in [0.15, 0.2) is 0 Å². The second-order valence-electron chi connectivity index (χ2n) is 2.70. The molecule has 0 spiro atoms. The van der Waals surface area contributed by atoms with Crippen LogP contribution < -0.4 is 5.32 Å². The predicted octanol–water partition coefficient (Wildman–Crippen LogP) is 2.14. The quantitative estimate of drug-likeness (QED) is 0.714. The zero-order chi connectivity index (χ0) is 8.81. The van der Waals surface area contributed by atoms with Gasteiger partial charge in [-0.1, -0.05) is 30.3 Å². The van der Waals surface area contributed by atoms with E-state index < -0.39 is 0 Å². The number of thioether (sulfide) groups is 1. The average molecular weight is 181 g/mol. The Hall–Kier alpha value is -0.470. The molecule has 0 saturated carbocycles. The predicted molar refractivity (Wildman–Crippen MR) is 56.5 cm³/mol. The van der Waals surface area contributed by atoms with E-state index in [-0.39, 0.29) is 0 Å². The molecule has 2 heteroatoms. The van der Waals surface area contributed by atoms with Gasteiger partial charge in [-0.25, -0.2) is 0 Å². The van der Waals surface area contributed by atoms with Crippen molar-refractivity contribution in [1.29, 1.82) is 0 Å². The standard InChI is InChI=1S/C10H15NS/c1-11-10(12-2)8-9-6-4-3-5-7-9/h3-7,10-11H,8H2,1-2H3. The van der Waals surface area contributed by atoms with Gasteiger partial charge in [-0.2, -0.15) is 0 Å². The van der Waals surface area contributed by atoms with Gasteiger partial charge in [0.25, 0.3) is 0 Å². The van der Waals surface area contributed by atoms with Gasteiger partial charge in [-0.3, -0.25) is 0 Å². The molecule has 1 rings (SSSR count). The Kier molecular flexibility index (Phi) is 4.19. The van der Waals surface area contributed by atoms with E-state index in [1.165, 1.54) is 5.56 Å². The van der Waals surface area contributed by atoms with Crippen molar-refractivity contribution in [2.75, 3.05) is 13.3 Å². The molecule has 12 heavy (non-hydrogen) atoms. The molecule has 0 aromatic heterocycles. The summed E-state index contributed by atoms with van der Waals surface area (Å²) in [7, 11) is 2.00. The first kappa shape index (κ1) is 9.62. The summed E-state index contributed by atoms with van der Waals surface area (Å²) >= 11 is 1.85. The zero-order valence-corrected chi connectivity index (χ0v) is 8.40. The number of benzene rings is 1. The molecule has 0 aliphatic heterocycles. The fraction of sp³-hybridized carbons (Fsp3) is 0.400. The minimum atomic E-state index is 0.535. The summed E-state index contributed by atoms with van der Waals surface area (Å²) in [6, 6.07) is 10.6. The van der Waals surface area contributed by atoms with E-state index in [4.69, 9.17) is 0 Å². The lowest BCUT2D eigenvalue weighted by Crippen LogP contribution is -2.23. The van der Waals surface area contributed by atoms with Gasteiger partial charge in [0.2, 0.25) is 0 Å². The maximum Gasteiger partial charge on any atom is 0.0567 e. The molecule has 1 unspecified atom stereocenters. The summed E-state index contributed by atoms with van der Waals surface area (Å²) in [6.45, 7) is 0. The van der Waals surface area contributed by atoms with Crippen LogP contribution in [-0.4, -0.2) is 18.7 Å². The third kappa shape index (κ3) is 2.88. The van der Waals surface area contributed by atoms with Crippen molar-refractivity contribution in [1.82, 2.24) is 5.32 Å². The van der Waals surface area contributed by atoms with Crippen LogP contribution in [0.15, 0.2) is 30.3 Å². The fourth-order valence-electron chi connectivity index (χ4n) is 1.13. The Bertz CT molecular complexity index is 206. The Morgan fingerprint density at radius 1 is 1.33 bits per heavy atom. The third-order valence-electron chi connectivity index (χ3n) is 1.87. The number of rotatable bonds is 4. The fourth-order valence-corrected chi connectivity index (χ4v) is 1.73. The van der Waals surface area contributed by atoms with Crippen LogP contribution in [0, 0.1) is 0 Å². The molecule has 1 atom stereocenters. The second kappa shape index (κ2) is 5.22. The first-order valence-electron chi connectivity index (χ1n) is 4.11. The van der Waals surface area contributed by atoms with Crippen LogP contribution in [0.25, 0.3) is 0 Å². The van der Waals surface area contributed by atoms with E-state index in [2.05, 4.69) is 41.9 Å². The van der Waals surface area contributed by atoms with Crippen molar-refractivity contribution in [2.24, 2.45) is 0 Å². The minimum Gasteiger partial charge on any atom is -0.308 e. The lowest BCUT2D eigenvalue weighted by atomic mass is 10.1. The van der Waals surface area contributed by atoms with Gasteiger partial charge in [0.05, 0.1) is 5.37 Å². The van der Waals surface area contributed by atoms with Gasteiger partial charge >= 0.3 is 0 Å². The number of likely N-dealkylation sites (N-methyl/N-ethyl adjacent to an activating group) is 1. The Morgan fingerprint density at radius 3 is 2.50 bits per heavy atom. The average Bonchev–Trinajstić information content (AvgIpc) is 2.16. The molecule has 0 aliphatic carbocycles. The van der Waals surface area contributed by atoms with E-state index in [9.17, 15) is 0 Å². The number of hydrogen-bond donors (Lipinski definition) is 1. The lowest BCUT2D eigenvalue weighted by molar-refractivity contribution is 0.738. The first-order valence-corrected chi connectivity index (χ1v) is 5.39. The van der Waals surface area contributed by atoms with Crippen molar-refractivity contribution in [3.63, 3.8) is 0 Å². The Labute approximate surface area is 78.6 Å². The maximum absolute atomic E-state index is 3.26. The number of hydrogen-bond acceptors (Lipinski definition) is 2. The molecule has 1 aromatic carbocycles. The van der Waals surface area contributed by atoms with Crippen LogP contribution in [0.1, 0.15) is 5.56 Å². The van der Waals surface area contributed by atoms with Gasteiger partial charge in [0.1, 0.15) is 0 Å². The summed E-state index contributed by atoms with van der Waals surface area (Å²) < 4.78 is 0. The smallest absolute Gasteiger partial charge is 0.0567 e. The zero-order valence-electron chi connectivity index (χ0n) is 7.58. The van der Waals surface area contributed by atoms with Crippen molar-refractivity contribution >= 4 is 11.8 Å². The topological polar surface area (TPSA) is 12.0 Å². The molecule has 0 aliphatic rings. The molecule has 0 saturated heterocycles. The summed E-state index contributed by atoms with van der Waals surface area (Å²) in [5, 5.41) is 3.80. The summed E-state index contributed by atoms with van der Waals surface area (Å²) in [5.74, 6) is 0. The molecule has 0 amide bonds. The lowest BCUT2D eigenvalue weighted by Gasteiger charge is -2.12. The van der Waals surface area contributed by atoms with Crippen LogP contribution in [0.4, 0.5) is 0 Å². The van der Waals surface area contributed by atoms with Crippen molar-refractivity contribution in [2.45, 2.75) is 11.8 Å². The molecule has 1 nitrogen and oxygen atoms in total. The van der Waals surface area contributed by atoms with E-state index >= 15 is 0 Å². The highest BCUT2D eigenvalue weighted by Crippen LogP contribution is 2.10. The SMILES string of the molecule is CNC(Cc1ccccc1)SC. The molecule has 1 N–H and O–H groups in total. The molecule has 0 radical (unpaired) electrons. The van der Waals surface area contributed by atoms with Crippen molar-refractivity contribution < 1.29 is 0 Å². The largest absolute Gasteiger partial charge is 0.308 e. The molecule has 0 heterocycles. The molecule has 1 aromatic rings.